The van der Waals surface area contributed by atoms with Gasteiger partial charge in [0.2, 0.25) is 10.0 Å². The summed E-state index contributed by atoms with van der Waals surface area (Å²) < 4.78 is 24.8. The third kappa shape index (κ3) is 1.76. The second-order valence-corrected chi connectivity index (χ2v) is 5.90. The van der Waals surface area contributed by atoms with E-state index < -0.39 is 10.0 Å². The fourth-order valence-corrected chi connectivity index (χ4v) is 3.41. The van der Waals surface area contributed by atoms with Crippen molar-refractivity contribution >= 4 is 15.8 Å². The molecule has 74 valence electrons. The fraction of sp³-hybridized carbons (Fsp3) is 0.875. The molecule has 0 aromatic carbocycles. The number of carbonyl (C=O) groups excluding carboxylic acids is 1. The van der Waals surface area contributed by atoms with E-state index in [0.717, 1.165) is 12.8 Å². The van der Waals surface area contributed by atoms with Crippen molar-refractivity contribution in [2.24, 2.45) is 0 Å². The van der Waals surface area contributed by atoms with Gasteiger partial charge in [0, 0.05) is 25.9 Å². The van der Waals surface area contributed by atoms with E-state index in [4.69, 9.17) is 0 Å². The molecule has 1 aliphatic carbocycles. The monoisotopic (exact) mass is 203 g/mol. The minimum atomic E-state index is -3.03. The SMILES string of the molecule is O=C1CCN(S(=O)(=O)C2CC2)CC1. The first-order valence-corrected chi connectivity index (χ1v) is 6.12. The van der Waals surface area contributed by atoms with Crippen molar-refractivity contribution < 1.29 is 13.2 Å². The maximum atomic E-state index is 11.7. The van der Waals surface area contributed by atoms with Crippen LogP contribution >= 0.6 is 0 Å². The number of nitrogens with zero attached hydrogens (tertiary/aromatic N) is 1. The van der Waals surface area contributed by atoms with Gasteiger partial charge >= 0.3 is 0 Å². The van der Waals surface area contributed by atoms with Crippen LogP contribution in [-0.4, -0.2) is 36.8 Å². The Kier molecular flexibility index (Phi) is 2.15. The van der Waals surface area contributed by atoms with E-state index in [1.165, 1.54) is 4.31 Å². The van der Waals surface area contributed by atoms with Crippen molar-refractivity contribution in [2.75, 3.05) is 13.1 Å². The Morgan fingerprint density at radius 3 is 2.15 bits per heavy atom. The lowest BCUT2D eigenvalue weighted by molar-refractivity contribution is -0.120. The van der Waals surface area contributed by atoms with Gasteiger partial charge in [-0.2, -0.15) is 0 Å². The third-order valence-corrected chi connectivity index (χ3v) is 4.98. The highest BCUT2D eigenvalue weighted by molar-refractivity contribution is 7.90. The first-order chi connectivity index (χ1) is 6.10. The summed E-state index contributed by atoms with van der Waals surface area (Å²) in [5.41, 5.74) is 0. The summed E-state index contributed by atoms with van der Waals surface area (Å²) in [6.45, 7) is 0.801. The van der Waals surface area contributed by atoms with Crippen LogP contribution in [0.2, 0.25) is 0 Å². The molecule has 1 saturated carbocycles. The van der Waals surface area contributed by atoms with E-state index in [1.807, 2.05) is 0 Å². The minimum Gasteiger partial charge on any atom is -0.300 e. The lowest BCUT2D eigenvalue weighted by atomic mass is 10.1. The Bertz CT molecular complexity index is 308. The van der Waals surface area contributed by atoms with Crippen LogP contribution in [0, 0.1) is 0 Å². The molecule has 0 aromatic rings. The molecule has 0 atom stereocenters. The Labute approximate surface area is 78.0 Å². The molecule has 1 aliphatic heterocycles. The lowest BCUT2D eigenvalue weighted by Gasteiger charge is -2.25. The highest BCUT2D eigenvalue weighted by Gasteiger charge is 2.40. The van der Waals surface area contributed by atoms with Gasteiger partial charge in [-0.1, -0.05) is 0 Å². The highest BCUT2D eigenvalue weighted by Crippen LogP contribution is 2.31. The van der Waals surface area contributed by atoms with Crippen molar-refractivity contribution in [1.82, 2.24) is 4.31 Å². The van der Waals surface area contributed by atoms with Gasteiger partial charge < -0.3 is 0 Å². The van der Waals surface area contributed by atoms with Gasteiger partial charge in [-0.3, -0.25) is 4.79 Å². The molecule has 5 heteroatoms. The fourth-order valence-electron chi connectivity index (χ4n) is 1.57. The number of Topliss-reactive ketones (excluding diaryl/α,β-unsaturated/α-hetero) is 1. The van der Waals surface area contributed by atoms with Gasteiger partial charge in [-0.15, -0.1) is 0 Å². The van der Waals surface area contributed by atoms with Crippen molar-refractivity contribution in [3.8, 4) is 0 Å². The molecule has 13 heavy (non-hydrogen) atoms. The molecular formula is C8H13NO3S. The topological polar surface area (TPSA) is 54.5 Å². The van der Waals surface area contributed by atoms with E-state index in [0.29, 0.717) is 25.9 Å². The first kappa shape index (κ1) is 9.15. The van der Waals surface area contributed by atoms with Crippen LogP contribution in [0.25, 0.3) is 0 Å². The van der Waals surface area contributed by atoms with Gasteiger partial charge in [0.15, 0.2) is 0 Å². The molecule has 2 aliphatic rings. The Hall–Kier alpha value is -0.420. The zero-order chi connectivity index (χ0) is 9.47. The van der Waals surface area contributed by atoms with Gasteiger partial charge in [0.05, 0.1) is 5.25 Å². The van der Waals surface area contributed by atoms with E-state index in [-0.39, 0.29) is 11.0 Å². The number of carbonyl (C=O) groups is 1. The summed E-state index contributed by atoms with van der Waals surface area (Å²) >= 11 is 0. The highest BCUT2D eigenvalue weighted by atomic mass is 32.2. The van der Waals surface area contributed by atoms with Crippen LogP contribution in [0.15, 0.2) is 0 Å². The Morgan fingerprint density at radius 2 is 1.69 bits per heavy atom. The van der Waals surface area contributed by atoms with E-state index in [9.17, 15) is 13.2 Å². The van der Waals surface area contributed by atoms with Crippen LogP contribution in [0.5, 0.6) is 0 Å². The van der Waals surface area contributed by atoms with E-state index in [1.54, 1.807) is 0 Å². The molecule has 1 saturated heterocycles. The number of hydrogen-bond donors (Lipinski definition) is 0. The van der Waals surface area contributed by atoms with Gasteiger partial charge in [-0.25, -0.2) is 12.7 Å². The summed E-state index contributed by atoms with van der Waals surface area (Å²) in [6.07, 6.45) is 2.39. The molecular weight excluding hydrogens is 190 g/mol. The molecule has 0 amide bonds. The maximum absolute atomic E-state index is 11.7. The summed E-state index contributed by atoms with van der Waals surface area (Å²) in [5, 5.41) is -0.138. The van der Waals surface area contributed by atoms with Crippen LogP contribution in [0.1, 0.15) is 25.7 Å². The van der Waals surface area contributed by atoms with Gasteiger partial charge in [0.1, 0.15) is 5.78 Å². The lowest BCUT2D eigenvalue weighted by Crippen LogP contribution is -2.40. The van der Waals surface area contributed by atoms with Crippen LogP contribution in [0.3, 0.4) is 0 Å². The molecule has 2 rings (SSSR count). The summed E-state index contributed by atoms with van der Waals surface area (Å²) in [5.74, 6) is 0.183. The first-order valence-electron chi connectivity index (χ1n) is 4.61. The summed E-state index contributed by atoms with van der Waals surface area (Å²) in [4.78, 5) is 10.9. The zero-order valence-electron chi connectivity index (χ0n) is 7.40. The van der Waals surface area contributed by atoms with Crippen molar-refractivity contribution in [3.63, 3.8) is 0 Å². The molecule has 0 aromatic heterocycles. The van der Waals surface area contributed by atoms with Crippen LogP contribution in [-0.2, 0) is 14.8 Å². The summed E-state index contributed by atoms with van der Waals surface area (Å²) in [6, 6.07) is 0. The predicted molar refractivity (Wildman–Crippen MR) is 47.8 cm³/mol. The third-order valence-electron chi connectivity index (χ3n) is 2.59. The number of piperidine rings is 1. The average molecular weight is 203 g/mol. The minimum absolute atomic E-state index is 0.138. The molecule has 0 radical (unpaired) electrons. The number of ketones is 1. The normalized spacial score (nSPS) is 26.3. The molecule has 0 unspecified atom stereocenters. The second-order valence-electron chi connectivity index (χ2n) is 3.68. The maximum Gasteiger partial charge on any atom is 0.217 e. The van der Waals surface area contributed by atoms with Crippen LogP contribution < -0.4 is 0 Å². The average Bonchev–Trinajstić information content (AvgIpc) is 2.87. The molecule has 4 nitrogen and oxygen atoms in total. The summed E-state index contributed by atoms with van der Waals surface area (Å²) in [7, 11) is -3.03. The standard InChI is InChI=1S/C8H13NO3S/c10-7-3-5-9(6-4-7)13(11,12)8-1-2-8/h8H,1-6H2. The second kappa shape index (κ2) is 3.06. The molecule has 1 heterocycles. The van der Waals surface area contributed by atoms with Crippen molar-refractivity contribution in [3.05, 3.63) is 0 Å². The number of rotatable bonds is 2. The smallest absolute Gasteiger partial charge is 0.217 e. The van der Waals surface area contributed by atoms with Gasteiger partial charge in [-0.05, 0) is 12.8 Å². The Morgan fingerprint density at radius 1 is 1.15 bits per heavy atom. The molecule has 0 N–H and O–H groups in total. The van der Waals surface area contributed by atoms with Crippen molar-refractivity contribution in [1.29, 1.82) is 0 Å². The van der Waals surface area contributed by atoms with E-state index >= 15 is 0 Å². The van der Waals surface area contributed by atoms with Gasteiger partial charge in [0.25, 0.3) is 0 Å². The zero-order valence-corrected chi connectivity index (χ0v) is 8.22. The molecule has 2 fully saturated rings. The Balaban J connectivity index is 2.04. The van der Waals surface area contributed by atoms with E-state index in [2.05, 4.69) is 0 Å². The molecule has 0 bridgehead atoms. The van der Waals surface area contributed by atoms with Crippen LogP contribution in [0.4, 0.5) is 0 Å². The number of hydrogen-bond acceptors (Lipinski definition) is 3. The quantitative estimate of drug-likeness (QED) is 0.641. The predicted octanol–water partition coefficient (Wildman–Crippen LogP) is 0.144. The largest absolute Gasteiger partial charge is 0.300 e. The molecule has 0 spiro atoms. The number of sulfonamides is 1. The van der Waals surface area contributed by atoms with Crippen molar-refractivity contribution in [2.45, 2.75) is 30.9 Å².